The van der Waals surface area contributed by atoms with E-state index in [2.05, 4.69) is 25.6 Å². The molecule has 0 radical (unpaired) electrons. The van der Waals surface area contributed by atoms with Crippen molar-refractivity contribution >= 4 is 48.9 Å². The van der Waals surface area contributed by atoms with E-state index in [-0.39, 0.29) is 10.8 Å². The van der Waals surface area contributed by atoms with Crippen LogP contribution in [0.4, 0.5) is 0 Å². The third kappa shape index (κ3) is 3.50. The maximum Gasteiger partial charge on any atom is 0.250 e. The molecule has 20 heavy (non-hydrogen) atoms. The van der Waals surface area contributed by atoms with Crippen molar-refractivity contribution in [3.8, 4) is 5.88 Å². The Bertz CT molecular complexity index is 699. The molecule has 0 aliphatic carbocycles. The first kappa shape index (κ1) is 15.7. The summed E-state index contributed by atoms with van der Waals surface area (Å²) in [6.07, 6.45) is 1.58. The molecule has 9 heteroatoms. The molecule has 5 nitrogen and oxygen atoms in total. The Kier molecular flexibility index (Phi) is 5.03. The highest BCUT2D eigenvalue weighted by molar-refractivity contribution is 9.11. The van der Waals surface area contributed by atoms with Crippen LogP contribution in [0.3, 0.4) is 0 Å². The van der Waals surface area contributed by atoms with Gasteiger partial charge >= 0.3 is 0 Å². The van der Waals surface area contributed by atoms with Gasteiger partial charge in [0, 0.05) is 18.3 Å². The van der Waals surface area contributed by atoms with Gasteiger partial charge in [-0.05, 0) is 28.1 Å². The smallest absolute Gasteiger partial charge is 0.250 e. The number of pyridine rings is 1. The van der Waals surface area contributed by atoms with Crippen LogP contribution < -0.4 is 9.46 Å². The minimum Gasteiger partial charge on any atom is -0.481 e. The van der Waals surface area contributed by atoms with Crippen molar-refractivity contribution in [3.05, 3.63) is 38.8 Å². The molecule has 0 amide bonds. The van der Waals surface area contributed by atoms with Crippen LogP contribution in [0.5, 0.6) is 5.88 Å². The second kappa shape index (κ2) is 6.40. The van der Waals surface area contributed by atoms with Gasteiger partial charge in [0.05, 0.1) is 15.9 Å². The van der Waals surface area contributed by atoms with E-state index in [1.807, 2.05) is 0 Å². The fourth-order valence-electron chi connectivity index (χ4n) is 1.45. The summed E-state index contributed by atoms with van der Waals surface area (Å²) in [6.45, 7) is 0.0898. The van der Waals surface area contributed by atoms with Gasteiger partial charge in [0.2, 0.25) is 15.9 Å². The summed E-state index contributed by atoms with van der Waals surface area (Å²) in [5, 5.41) is 0.370. The summed E-state index contributed by atoms with van der Waals surface area (Å²) >= 11 is 10.1. The Balaban J connectivity index is 2.17. The molecule has 0 saturated heterocycles. The van der Waals surface area contributed by atoms with E-state index < -0.39 is 10.0 Å². The monoisotopic (exact) mass is 396 g/mol. The van der Waals surface area contributed by atoms with Gasteiger partial charge in [0.15, 0.2) is 0 Å². The summed E-state index contributed by atoms with van der Waals surface area (Å²) < 4.78 is 32.5. The largest absolute Gasteiger partial charge is 0.481 e. The zero-order chi connectivity index (χ0) is 14.8. The van der Waals surface area contributed by atoms with Crippen LogP contribution in [0.15, 0.2) is 32.4 Å². The lowest BCUT2D eigenvalue weighted by Crippen LogP contribution is -2.22. The van der Waals surface area contributed by atoms with E-state index in [1.54, 1.807) is 18.3 Å². The van der Waals surface area contributed by atoms with Crippen LogP contribution in [-0.4, -0.2) is 20.5 Å². The fourth-order valence-corrected chi connectivity index (χ4v) is 4.90. The van der Waals surface area contributed by atoms with E-state index in [9.17, 15) is 8.42 Å². The highest BCUT2D eigenvalue weighted by Gasteiger charge is 2.19. The number of aromatic nitrogens is 1. The third-order valence-corrected chi connectivity index (χ3v) is 6.73. The van der Waals surface area contributed by atoms with Crippen molar-refractivity contribution in [2.24, 2.45) is 0 Å². The van der Waals surface area contributed by atoms with Gasteiger partial charge in [-0.2, -0.15) is 0 Å². The Labute approximate surface area is 134 Å². The molecule has 0 aromatic carbocycles. The van der Waals surface area contributed by atoms with Gasteiger partial charge in [0.25, 0.3) is 0 Å². The second-order valence-corrected chi connectivity index (χ2v) is 8.45. The van der Waals surface area contributed by atoms with Gasteiger partial charge in [-0.1, -0.05) is 17.7 Å². The fraction of sp³-hybridized carbons (Fsp3) is 0.182. The molecule has 0 unspecified atom stereocenters. The van der Waals surface area contributed by atoms with Crippen LogP contribution in [0.2, 0.25) is 5.02 Å². The van der Waals surface area contributed by atoms with Crippen molar-refractivity contribution in [1.82, 2.24) is 9.71 Å². The maximum absolute atomic E-state index is 12.1. The molecule has 2 aromatic heterocycles. The lowest BCUT2D eigenvalue weighted by Gasteiger charge is -2.08. The average molecular weight is 398 g/mol. The molecule has 0 aliphatic rings. The molecular formula is C11H10BrClN2O3S2. The number of hydrogen-bond acceptors (Lipinski definition) is 5. The zero-order valence-corrected chi connectivity index (χ0v) is 14.2. The number of hydrogen-bond donors (Lipinski definition) is 1. The number of rotatable bonds is 5. The summed E-state index contributed by atoms with van der Waals surface area (Å²) in [7, 11) is -2.13. The Morgan fingerprint density at radius 2 is 2.30 bits per heavy atom. The van der Waals surface area contributed by atoms with Gasteiger partial charge in [-0.3, -0.25) is 0 Å². The van der Waals surface area contributed by atoms with Crippen LogP contribution in [0, 0.1) is 0 Å². The van der Waals surface area contributed by atoms with E-state index in [0.29, 0.717) is 20.3 Å². The zero-order valence-electron chi connectivity index (χ0n) is 10.3. The number of halogens is 2. The molecule has 2 aromatic rings. The van der Waals surface area contributed by atoms with Gasteiger partial charge in [-0.15, -0.1) is 11.3 Å². The van der Waals surface area contributed by atoms with E-state index in [1.165, 1.54) is 13.2 Å². The molecule has 0 fully saturated rings. The molecule has 2 heterocycles. The van der Waals surface area contributed by atoms with Crippen molar-refractivity contribution in [1.29, 1.82) is 0 Å². The first-order valence-electron chi connectivity index (χ1n) is 5.36. The molecule has 108 valence electrons. The van der Waals surface area contributed by atoms with Crippen molar-refractivity contribution in [2.75, 3.05) is 7.11 Å². The van der Waals surface area contributed by atoms with Gasteiger partial charge < -0.3 is 4.74 Å². The van der Waals surface area contributed by atoms with E-state index in [4.69, 9.17) is 16.3 Å². The highest BCUT2D eigenvalue weighted by Crippen LogP contribution is 2.34. The standard InChI is InChI=1S/C11H10BrClN2O3S2/c1-18-11-7(3-2-4-14-11)6-15-20(16,17)9-5-8(13)10(12)19-9/h2-5,15H,6H2,1H3. The number of nitrogens with one attached hydrogen (secondary N) is 1. The predicted octanol–water partition coefficient (Wildman–Crippen LogP) is 3.05. The molecule has 2 rings (SSSR count). The summed E-state index contributed by atoms with van der Waals surface area (Å²) in [5.41, 5.74) is 0.653. The topological polar surface area (TPSA) is 68.3 Å². The number of thiophene rings is 1. The van der Waals surface area contributed by atoms with Crippen LogP contribution >= 0.6 is 38.9 Å². The molecule has 0 saturated carbocycles. The lowest BCUT2D eigenvalue weighted by molar-refractivity contribution is 0.392. The molecule has 0 bridgehead atoms. The number of sulfonamides is 1. The summed E-state index contributed by atoms with van der Waals surface area (Å²) in [6, 6.07) is 4.86. The average Bonchev–Trinajstić information content (AvgIpc) is 2.78. The third-order valence-electron chi connectivity index (χ3n) is 2.38. The maximum atomic E-state index is 12.1. The first-order chi connectivity index (χ1) is 9.44. The molecule has 1 N–H and O–H groups in total. The highest BCUT2D eigenvalue weighted by atomic mass is 79.9. The van der Waals surface area contributed by atoms with Crippen LogP contribution in [-0.2, 0) is 16.6 Å². The number of methoxy groups -OCH3 is 1. The Hall–Kier alpha value is -0.670. The Morgan fingerprint density at radius 1 is 1.55 bits per heavy atom. The predicted molar refractivity (Wildman–Crippen MR) is 81.8 cm³/mol. The lowest BCUT2D eigenvalue weighted by atomic mass is 10.3. The minimum absolute atomic E-state index is 0.0898. The number of nitrogens with zero attached hydrogens (tertiary/aromatic N) is 1. The van der Waals surface area contributed by atoms with Crippen LogP contribution in [0.25, 0.3) is 0 Å². The summed E-state index contributed by atoms with van der Waals surface area (Å²) in [4.78, 5) is 4.01. The number of ether oxygens (including phenoxy) is 1. The SMILES string of the molecule is COc1ncccc1CNS(=O)(=O)c1cc(Cl)c(Br)s1. The van der Waals surface area contributed by atoms with Gasteiger partial charge in [0.1, 0.15) is 4.21 Å². The second-order valence-electron chi connectivity index (χ2n) is 3.68. The van der Waals surface area contributed by atoms with Crippen molar-refractivity contribution in [3.63, 3.8) is 0 Å². The van der Waals surface area contributed by atoms with Crippen molar-refractivity contribution < 1.29 is 13.2 Å². The van der Waals surface area contributed by atoms with Crippen molar-refractivity contribution in [2.45, 2.75) is 10.8 Å². The van der Waals surface area contributed by atoms with Gasteiger partial charge in [-0.25, -0.2) is 18.1 Å². The van der Waals surface area contributed by atoms with E-state index >= 15 is 0 Å². The molecule has 0 aliphatic heterocycles. The quantitative estimate of drug-likeness (QED) is 0.842. The molecular weight excluding hydrogens is 388 g/mol. The first-order valence-corrected chi connectivity index (χ1v) is 8.83. The van der Waals surface area contributed by atoms with Crippen LogP contribution in [0.1, 0.15) is 5.56 Å². The molecule has 0 spiro atoms. The molecule has 0 atom stereocenters. The Morgan fingerprint density at radius 3 is 2.90 bits per heavy atom. The van der Waals surface area contributed by atoms with E-state index in [0.717, 1.165) is 11.3 Å². The minimum atomic E-state index is -3.61. The normalized spacial score (nSPS) is 11.6. The summed E-state index contributed by atoms with van der Waals surface area (Å²) in [5.74, 6) is 0.389.